The lowest BCUT2D eigenvalue weighted by atomic mass is 10.2. The van der Waals surface area contributed by atoms with Gasteiger partial charge >= 0.3 is 6.03 Å². The van der Waals surface area contributed by atoms with Crippen molar-refractivity contribution in [3.63, 3.8) is 0 Å². The summed E-state index contributed by atoms with van der Waals surface area (Å²) in [7, 11) is -2.69. The average Bonchev–Trinajstić information content (AvgIpc) is 2.63. The van der Waals surface area contributed by atoms with Crippen molar-refractivity contribution in [2.24, 2.45) is 5.73 Å². The third-order valence-electron chi connectivity index (χ3n) is 3.53. The number of carbonyl (C=O) groups is 2. The van der Waals surface area contributed by atoms with Gasteiger partial charge in [0.05, 0.1) is 19.3 Å². The second-order valence-electron chi connectivity index (χ2n) is 5.72. The molecule has 0 radical (unpaired) electrons. The van der Waals surface area contributed by atoms with E-state index in [9.17, 15) is 18.0 Å². The fraction of sp³-hybridized carbons (Fsp3) is 0.176. The first-order valence-corrected chi connectivity index (χ1v) is 10.2. The van der Waals surface area contributed by atoms with Crippen LogP contribution in [0, 0.1) is 6.92 Å². The molecular weight excluding hydrogens is 452 g/mol. The maximum Gasteiger partial charge on any atom is 0.312 e. The first-order valence-electron chi connectivity index (χ1n) is 7.92. The van der Waals surface area contributed by atoms with E-state index in [4.69, 9.17) is 10.5 Å². The molecule has 0 spiro atoms. The Balaban J connectivity index is 2.32. The predicted molar refractivity (Wildman–Crippen MR) is 109 cm³/mol. The van der Waals surface area contributed by atoms with Gasteiger partial charge in [-0.2, -0.15) is 0 Å². The number of halogens is 1. The second-order valence-corrected chi connectivity index (χ2v) is 8.23. The van der Waals surface area contributed by atoms with Crippen LogP contribution in [0.25, 0.3) is 0 Å². The van der Waals surface area contributed by atoms with E-state index in [0.717, 1.165) is 5.56 Å². The van der Waals surface area contributed by atoms with Crippen molar-refractivity contribution < 1.29 is 22.7 Å². The average molecular weight is 471 g/mol. The fourth-order valence-corrected chi connectivity index (χ4v) is 4.00. The summed E-state index contributed by atoms with van der Waals surface area (Å²) in [6, 6.07) is 8.54. The molecule has 2 aromatic carbocycles. The molecule has 0 aliphatic carbocycles. The zero-order valence-corrected chi connectivity index (χ0v) is 17.5. The molecule has 0 saturated carbocycles. The van der Waals surface area contributed by atoms with Crippen LogP contribution < -0.4 is 25.8 Å². The molecule has 150 valence electrons. The van der Waals surface area contributed by atoms with E-state index in [1.165, 1.54) is 25.3 Å². The van der Waals surface area contributed by atoms with Crippen molar-refractivity contribution in [1.82, 2.24) is 5.32 Å². The highest BCUT2D eigenvalue weighted by Crippen LogP contribution is 2.31. The third kappa shape index (κ3) is 5.60. The summed E-state index contributed by atoms with van der Waals surface area (Å²) in [5.41, 5.74) is 6.35. The monoisotopic (exact) mass is 470 g/mol. The quantitative estimate of drug-likeness (QED) is 0.490. The standard InChI is InChI=1S/C17H19BrN4O5S/c1-10-3-5-12(18)13(7-10)22-28(25,26)15-8-11(4-6-14(15)27-2)21-16(23)9-20-17(19)24/h3-8,22H,9H2,1-2H3,(H,21,23)(H3,19,20,24). The van der Waals surface area contributed by atoms with Gasteiger partial charge in [0.25, 0.3) is 10.0 Å². The summed E-state index contributed by atoms with van der Waals surface area (Å²) >= 11 is 3.31. The van der Waals surface area contributed by atoms with Crippen molar-refractivity contribution in [2.45, 2.75) is 11.8 Å². The van der Waals surface area contributed by atoms with Gasteiger partial charge in [-0.25, -0.2) is 13.2 Å². The number of benzene rings is 2. The Hall–Kier alpha value is -2.79. The van der Waals surface area contributed by atoms with Crippen LogP contribution in [0.3, 0.4) is 0 Å². The highest BCUT2D eigenvalue weighted by Gasteiger charge is 2.22. The zero-order valence-electron chi connectivity index (χ0n) is 15.1. The van der Waals surface area contributed by atoms with Crippen LogP contribution in [-0.2, 0) is 14.8 Å². The molecule has 2 aromatic rings. The second kappa shape index (κ2) is 8.93. The Bertz CT molecular complexity index is 1010. The van der Waals surface area contributed by atoms with E-state index in [1.807, 2.05) is 13.0 Å². The molecule has 5 N–H and O–H groups in total. The minimum Gasteiger partial charge on any atom is -0.495 e. The maximum atomic E-state index is 12.9. The number of hydrogen-bond donors (Lipinski definition) is 4. The topological polar surface area (TPSA) is 140 Å². The molecule has 2 rings (SSSR count). The zero-order chi connectivity index (χ0) is 20.9. The van der Waals surface area contributed by atoms with E-state index in [-0.39, 0.29) is 22.9 Å². The molecule has 0 heterocycles. The molecule has 0 aliphatic heterocycles. The number of anilines is 2. The summed E-state index contributed by atoms with van der Waals surface area (Å²) in [6.07, 6.45) is 0. The molecule has 0 fully saturated rings. The number of carbonyl (C=O) groups excluding carboxylic acids is 2. The number of hydrogen-bond acceptors (Lipinski definition) is 5. The van der Waals surface area contributed by atoms with Crippen molar-refractivity contribution in [3.05, 3.63) is 46.4 Å². The Morgan fingerprint density at radius 2 is 1.89 bits per heavy atom. The van der Waals surface area contributed by atoms with Gasteiger partial charge in [0.1, 0.15) is 10.6 Å². The van der Waals surface area contributed by atoms with Crippen LogP contribution in [0.1, 0.15) is 5.56 Å². The number of aryl methyl sites for hydroxylation is 1. The van der Waals surface area contributed by atoms with E-state index < -0.39 is 22.0 Å². The van der Waals surface area contributed by atoms with Gasteiger partial charge < -0.3 is 21.1 Å². The summed E-state index contributed by atoms with van der Waals surface area (Å²) in [5.74, 6) is -0.466. The summed E-state index contributed by atoms with van der Waals surface area (Å²) in [4.78, 5) is 22.3. The Morgan fingerprint density at radius 1 is 1.18 bits per heavy atom. The SMILES string of the molecule is COc1ccc(NC(=O)CNC(N)=O)cc1S(=O)(=O)Nc1cc(C)ccc1Br. The lowest BCUT2D eigenvalue weighted by molar-refractivity contribution is -0.115. The van der Waals surface area contributed by atoms with Crippen molar-refractivity contribution >= 4 is 49.3 Å². The fourth-order valence-electron chi connectivity index (χ4n) is 2.25. The summed E-state index contributed by atoms with van der Waals surface area (Å²) < 4.78 is 34.0. The Kier molecular flexibility index (Phi) is 6.86. The van der Waals surface area contributed by atoms with Crippen LogP contribution in [0.15, 0.2) is 45.8 Å². The highest BCUT2D eigenvalue weighted by atomic mass is 79.9. The van der Waals surface area contributed by atoms with E-state index in [1.54, 1.807) is 12.1 Å². The van der Waals surface area contributed by atoms with Gasteiger partial charge in [0.2, 0.25) is 5.91 Å². The molecular formula is C17H19BrN4O5S. The molecule has 3 amide bonds. The van der Waals surface area contributed by atoms with Gasteiger partial charge in [-0.3, -0.25) is 9.52 Å². The van der Waals surface area contributed by atoms with Gasteiger partial charge in [0.15, 0.2) is 0 Å². The molecule has 28 heavy (non-hydrogen) atoms. The van der Waals surface area contributed by atoms with E-state index in [0.29, 0.717) is 10.2 Å². The summed E-state index contributed by atoms with van der Waals surface area (Å²) in [6.45, 7) is 1.49. The van der Waals surface area contributed by atoms with E-state index in [2.05, 4.69) is 31.3 Å². The first kappa shape index (κ1) is 21.5. The van der Waals surface area contributed by atoms with Crippen LogP contribution in [-0.4, -0.2) is 34.0 Å². The first-order chi connectivity index (χ1) is 13.1. The Morgan fingerprint density at radius 3 is 2.54 bits per heavy atom. The van der Waals surface area contributed by atoms with Gasteiger partial charge in [-0.1, -0.05) is 6.07 Å². The highest BCUT2D eigenvalue weighted by molar-refractivity contribution is 9.10. The van der Waals surface area contributed by atoms with Gasteiger partial charge in [-0.05, 0) is 58.7 Å². The Labute approximate surface area is 170 Å². The van der Waals surface area contributed by atoms with Crippen LogP contribution in [0.5, 0.6) is 5.75 Å². The smallest absolute Gasteiger partial charge is 0.312 e. The molecule has 0 unspecified atom stereocenters. The number of urea groups is 1. The molecule has 0 atom stereocenters. The van der Waals surface area contributed by atoms with Crippen molar-refractivity contribution in [1.29, 1.82) is 0 Å². The molecule has 0 saturated heterocycles. The summed E-state index contributed by atoms with van der Waals surface area (Å²) in [5, 5.41) is 4.62. The maximum absolute atomic E-state index is 12.9. The number of nitrogens with two attached hydrogens (primary N) is 1. The largest absolute Gasteiger partial charge is 0.495 e. The van der Waals surface area contributed by atoms with Crippen LogP contribution >= 0.6 is 15.9 Å². The number of amides is 3. The number of rotatable bonds is 7. The lowest BCUT2D eigenvalue weighted by Gasteiger charge is -2.15. The number of sulfonamides is 1. The van der Waals surface area contributed by atoms with Crippen molar-refractivity contribution in [2.75, 3.05) is 23.7 Å². The number of ether oxygens (including phenoxy) is 1. The molecule has 0 aliphatic rings. The number of primary amides is 1. The molecule has 11 heteroatoms. The number of nitrogens with one attached hydrogen (secondary N) is 3. The number of methoxy groups -OCH3 is 1. The molecule has 9 nitrogen and oxygen atoms in total. The minimum atomic E-state index is -4.03. The van der Waals surface area contributed by atoms with Gasteiger partial charge in [0, 0.05) is 10.2 Å². The lowest BCUT2D eigenvalue weighted by Crippen LogP contribution is -2.36. The molecule has 0 aromatic heterocycles. The van der Waals surface area contributed by atoms with Gasteiger partial charge in [-0.15, -0.1) is 0 Å². The normalized spacial score (nSPS) is 10.8. The minimum absolute atomic E-state index is 0.101. The van der Waals surface area contributed by atoms with E-state index >= 15 is 0 Å². The third-order valence-corrected chi connectivity index (χ3v) is 5.60. The van der Waals surface area contributed by atoms with Crippen LogP contribution in [0.2, 0.25) is 0 Å². The molecule has 0 bridgehead atoms. The van der Waals surface area contributed by atoms with Crippen molar-refractivity contribution in [3.8, 4) is 5.75 Å². The predicted octanol–water partition coefficient (Wildman–Crippen LogP) is 2.17. The van der Waals surface area contributed by atoms with Crippen LogP contribution in [0.4, 0.5) is 16.2 Å².